The Morgan fingerprint density at radius 1 is 1.26 bits per heavy atom. The zero-order valence-electron chi connectivity index (χ0n) is 20.8. The number of carbonyl (C=O) groups is 1. The van der Waals surface area contributed by atoms with Gasteiger partial charge in [-0.2, -0.15) is 8.78 Å². The largest absolute Gasteiger partial charge is 0.482 e. The van der Waals surface area contributed by atoms with Crippen LogP contribution in [0.15, 0.2) is 55.5 Å². The molecule has 1 aromatic carbocycles. The number of likely N-dealkylation sites (tertiary alicyclic amines) is 1. The molecular weight excluding hydrogens is 499 g/mol. The van der Waals surface area contributed by atoms with Crippen molar-refractivity contribution < 1.29 is 22.7 Å². The average molecular weight is 526 g/mol. The van der Waals surface area contributed by atoms with Gasteiger partial charge in [-0.1, -0.05) is 17.9 Å². The highest BCUT2D eigenvalue weighted by Crippen LogP contribution is 2.37. The van der Waals surface area contributed by atoms with Gasteiger partial charge in [-0.05, 0) is 50.6 Å². The molecule has 4 heterocycles. The van der Waals surface area contributed by atoms with E-state index < -0.39 is 24.9 Å². The third-order valence-electron chi connectivity index (χ3n) is 6.76. The summed E-state index contributed by atoms with van der Waals surface area (Å²) < 4.78 is 51.0. The van der Waals surface area contributed by atoms with Crippen LogP contribution in [-0.2, 0) is 4.79 Å². The molecule has 0 spiro atoms. The lowest BCUT2D eigenvalue weighted by molar-refractivity contribution is -0.128. The normalized spacial score (nSPS) is 18.6. The molecule has 0 N–H and O–H groups in total. The van der Waals surface area contributed by atoms with E-state index in [9.17, 15) is 13.6 Å². The Bertz CT molecular complexity index is 1470. The van der Waals surface area contributed by atoms with E-state index in [4.69, 9.17) is 4.74 Å². The van der Waals surface area contributed by atoms with Crippen molar-refractivity contribution in [1.29, 1.82) is 0 Å². The first-order chi connectivity index (χ1) is 18.3. The number of nitrogens with zero attached hydrogens (tertiary/aromatic N) is 7. The number of alkyl halides is 3. The molecule has 1 aliphatic rings. The second kappa shape index (κ2) is 10.3. The molecule has 4 aromatic rings. The fourth-order valence-corrected chi connectivity index (χ4v) is 4.79. The van der Waals surface area contributed by atoms with Gasteiger partial charge in [0.2, 0.25) is 5.91 Å². The highest BCUT2D eigenvalue weighted by atomic mass is 19.3. The van der Waals surface area contributed by atoms with Gasteiger partial charge >= 0.3 is 6.55 Å². The summed E-state index contributed by atoms with van der Waals surface area (Å²) in [6, 6.07) is 8.01. The Balaban J connectivity index is 1.51. The summed E-state index contributed by atoms with van der Waals surface area (Å²) in [6.07, 6.45) is 2.34. The van der Waals surface area contributed by atoms with E-state index in [1.54, 1.807) is 44.3 Å². The number of amides is 1. The summed E-state index contributed by atoms with van der Waals surface area (Å²) in [5.74, 6) is -0.131. The number of rotatable bonds is 7. The molecule has 198 valence electrons. The number of pyridine rings is 1. The first-order valence-corrected chi connectivity index (χ1v) is 12.1. The monoisotopic (exact) mass is 525 g/mol. The topological polar surface area (TPSA) is 91.0 Å². The number of carbonyl (C=O) groups excluding carboxylic acids is 1. The van der Waals surface area contributed by atoms with Gasteiger partial charge in [-0.15, -0.1) is 5.10 Å². The van der Waals surface area contributed by atoms with Crippen LogP contribution in [0.3, 0.4) is 0 Å². The first kappa shape index (κ1) is 25.4. The smallest absolute Gasteiger partial charge is 0.320 e. The molecule has 5 rings (SSSR count). The summed E-state index contributed by atoms with van der Waals surface area (Å²) >= 11 is 0. The van der Waals surface area contributed by atoms with E-state index in [-0.39, 0.29) is 23.7 Å². The van der Waals surface area contributed by atoms with Crippen molar-refractivity contribution in [3.63, 3.8) is 0 Å². The van der Waals surface area contributed by atoms with Crippen LogP contribution in [0.2, 0.25) is 0 Å². The number of hydrogen-bond donors (Lipinski definition) is 0. The van der Waals surface area contributed by atoms with Crippen molar-refractivity contribution in [3.8, 4) is 17.0 Å². The first-order valence-electron chi connectivity index (χ1n) is 12.1. The molecule has 1 amide bonds. The summed E-state index contributed by atoms with van der Waals surface area (Å²) in [7, 11) is 0. The number of benzene rings is 1. The van der Waals surface area contributed by atoms with Gasteiger partial charge in [0.1, 0.15) is 35.6 Å². The van der Waals surface area contributed by atoms with Crippen molar-refractivity contribution in [2.24, 2.45) is 0 Å². The van der Waals surface area contributed by atoms with E-state index in [0.29, 0.717) is 41.1 Å². The van der Waals surface area contributed by atoms with Gasteiger partial charge in [0.25, 0.3) is 0 Å². The highest BCUT2D eigenvalue weighted by Gasteiger charge is 2.34. The van der Waals surface area contributed by atoms with E-state index in [0.717, 1.165) is 10.9 Å². The minimum Gasteiger partial charge on any atom is -0.482 e. The van der Waals surface area contributed by atoms with Crippen molar-refractivity contribution in [2.45, 2.75) is 45.1 Å². The maximum Gasteiger partial charge on any atom is 0.320 e. The maximum absolute atomic E-state index is 15.1. The molecule has 3 atom stereocenters. The fourth-order valence-electron chi connectivity index (χ4n) is 4.79. The zero-order valence-corrected chi connectivity index (χ0v) is 20.8. The summed E-state index contributed by atoms with van der Waals surface area (Å²) in [5.41, 5.74) is 2.65. The molecule has 0 radical (unpaired) electrons. The highest BCUT2D eigenvalue weighted by molar-refractivity contribution is 5.88. The standard InChI is InChI=1S/C26H26F3N7O2/c1-4-23(37)34-10-8-21(18(27)13-34)36-15(2)24(32-33-36)17-11-20-25(35(14-31-20)26(28)29)22(12-17)38-16(3)19-7-5-6-9-30-19/h4-7,9,11-12,14,16,18,21,26H,1,8,10,13H2,2-3H3. The van der Waals surface area contributed by atoms with Crippen molar-refractivity contribution in [3.05, 3.63) is 66.9 Å². The van der Waals surface area contributed by atoms with E-state index >= 15 is 4.39 Å². The van der Waals surface area contributed by atoms with Crippen LogP contribution in [0.5, 0.6) is 5.75 Å². The number of imidazole rings is 1. The Hall–Kier alpha value is -4.22. The van der Waals surface area contributed by atoms with Gasteiger partial charge in [0.05, 0.1) is 29.5 Å². The third-order valence-corrected chi connectivity index (χ3v) is 6.76. The van der Waals surface area contributed by atoms with Crippen molar-refractivity contribution in [1.82, 2.24) is 34.4 Å². The molecule has 0 bridgehead atoms. The predicted octanol–water partition coefficient (Wildman–Crippen LogP) is 4.83. The molecule has 3 unspecified atom stereocenters. The number of fused-ring (bicyclic) bond motifs is 1. The van der Waals surface area contributed by atoms with Gasteiger partial charge in [0.15, 0.2) is 0 Å². The van der Waals surface area contributed by atoms with Crippen LogP contribution in [0.25, 0.3) is 22.3 Å². The van der Waals surface area contributed by atoms with E-state index in [1.165, 1.54) is 15.7 Å². The average Bonchev–Trinajstić information content (AvgIpc) is 3.52. The van der Waals surface area contributed by atoms with Crippen molar-refractivity contribution in [2.75, 3.05) is 13.1 Å². The SMILES string of the molecule is C=CC(=O)N1CCC(n2nnc(-c3cc(OC(C)c4ccccn4)c4c(c3)ncn4C(F)F)c2C)C(F)C1. The molecule has 38 heavy (non-hydrogen) atoms. The third kappa shape index (κ3) is 4.61. The lowest BCUT2D eigenvalue weighted by atomic mass is 10.0. The minimum atomic E-state index is -2.82. The summed E-state index contributed by atoms with van der Waals surface area (Å²) in [5, 5.41) is 8.51. The maximum atomic E-state index is 15.1. The Labute approximate surface area is 216 Å². The van der Waals surface area contributed by atoms with Gasteiger partial charge in [-0.25, -0.2) is 14.1 Å². The molecule has 12 heteroatoms. The summed E-state index contributed by atoms with van der Waals surface area (Å²) in [4.78, 5) is 21.8. The number of ether oxygens (including phenoxy) is 1. The molecule has 1 fully saturated rings. The molecule has 3 aromatic heterocycles. The number of halogens is 3. The molecular formula is C26H26F3N7O2. The number of aromatic nitrogens is 6. The number of piperidine rings is 1. The molecule has 0 aliphatic carbocycles. The summed E-state index contributed by atoms with van der Waals surface area (Å²) in [6.45, 7) is 4.48. The lowest BCUT2D eigenvalue weighted by Crippen LogP contribution is -2.45. The second-order valence-electron chi connectivity index (χ2n) is 9.11. The van der Waals surface area contributed by atoms with Crippen LogP contribution in [-0.4, -0.2) is 59.6 Å². The van der Waals surface area contributed by atoms with Gasteiger partial charge < -0.3 is 9.64 Å². The van der Waals surface area contributed by atoms with Crippen LogP contribution in [0.4, 0.5) is 13.2 Å². The lowest BCUT2D eigenvalue weighted by Gasteiger charge is -2.34. The Kier molecular flexibility index (Phi) is 6.87. The van der Waals surface area contributed by atoms with Gasteiger partial charge in [-0.3, -0.25) is 14.3 Å². The molecule has 1 saturated heterocycles. The molecule has 0 saturated carbocycles. The van der Waals surface area contributed by atoms with Crippen LogP contribution >= 0.6 is 0 Å². The van der Waals surface area contributed by atoms with E-state index in [2.05, 4.69) is 26.9 Å². The van der Waals surface area contributed by atoms with Crippen molar-refractivity contribution >= 4 is 16.9 Å². The number of hydrogen-bond acceptors (Lipinski definition) is 6. The molecule has 9 nitrogen and oxygen atoms in total. The predicted molar refractivity (Wildman–Crippen MR) is 133 cm³/mol. The van der Waals surface area contributed by atoms with Crippen LogP contribution in [0, 0.1) is 6.92 Å². The van der Waals surface area contributed by atoms with Crippen LogP contribution in [0.1, 0.15) is 43.4 Å². The fraction of sp³-hybridized carbons (Fsp3) is 0.346. The zero-order chi connectivity index (χ0) is 27.0. The van der Waals surface area contributed by atoms with Gasteiger partial charge in [0, 0.05) is 18.3 Å². The minimum absolute atomic E-state index is 0.0649. The second-order valence-corrected chi connectivity index (χ2v) is 9.11. The van der Waals surface area contributed by atoms with Crippen LogP contribution < -0.4 is 4.74 Å². The molecule has 1 aliphatic heterocycles. The Morgan fingerprint density at radius 2 is 2.08 bits per heavy atom. The Morgan fingerprint density at radius 3 is 2.76 bits per heavy atom. The quantitative estimate of drug-likeness (QED) is 0.321. The van der Waals surface area contributed by atoms with E-state index in [1.807, 2.05) is 6.07 Å².